The van der Waals surface area contributed by atoms with E-state index in [1.807, 2.05) is 0 Å². The van der Waals surface area contributed by atoms with Crippen LogP contribution < -0.4 is 5.73 Å². The quantitative estimate of drug-likeness (QED) is 0.540. The number of nitrogens with two attached hydrogens (primary N) is 1. The predicted octanol–water partition coefficient (Wildman–Crippen LogP) is 2.34. The molecule has 0 saturated carbocycles. The lowest BCUT2D eigenvalue weighted by molar-refractivity contribution is 0.0623. The molecule has 0 aromatic carbocycles. The van der Waals surface area contributed by atoms with Gasteiger partial charge in [-0.1, -0.05) is 39.0 Å². The van der Waals surface area contributed by atoms with E-state index >= 15 is 0 Å². The van der Waals surface area contributed by atoms with Gasteiger partial charge in [0.15, 0.2) is 0 Å². The normalized spacial score (nSPS) is 13.0. The molecule has 3 heteroatoms. The summed E-state index contributed by atoms with van der Waals surface area (Å²) in [7, 11) is 1.68. The maximum absolute atomic E-state index is 5.90. The topological polar surface area (TPSA) is 44.5 Å². The van der Waals surface area contributed by atoms with Gasteiger partial charge in [0, 0.05) is 13.2 Å². The van der Waals surface area contributed by atoms with Crippen molar-refractivity contribution in [3.05, 3.63) is 0 Å². The Bertz CT molecular complexity index is 120. The van der Waals surface area contributed by atoms with Gasteiger partial charge in [0.25, 0.3) is 0 Å². The van der Waals surface area contributed by atoms with E-state index in [1.54, 1.807) is 7.11 Å². The second-order valence-corrected chi connectivity index (χ2v) is 4.03. The Morgan fingerprint density at radius 2 is 1.80 bits per heavy atom. The molecule has 15 heavy (non-hydrogen) atoms. The number of hydrogen-bond donors (Lipinski definition) is 1. The maximum Gasteiger partial charge on any atom is 0.0701 e. The van der Waals surface area contributed by atoms with Crippen molar-refractivity contribution in [2.75, 3.05) is 26.9 Å². The van der Waals surface area contributed by atoms with Crippen LogP contribution in [0.3, 0.4) is 0 Å². The molecule has 0 bridgehead atoms. The molecule has 2 N–H and O–H groups in total. The van der Waals surface area contributed by atoms with Crippen LogP contribution in [0.25, 0.3) is 0 Å². The Hall–Kier alpha value is -0.120. The first kappa shape index (κ1) is 14.9. The third-order valence-electron chi connectivity index (χ3n) is 2.44. The minimum atomic E-state index is 0.198. The van der Waals surface area contributed by atoms with E-state index in [2.05, 4.69) is 6.92 Å². The van der Waals surface area contributed by atoms with E-state index in [4.69, 9.17) is 15.2 Å². The fraction of sp³-hybridized carbons (Fsp3) is 1.00. The second kappa shape index (κ2) is 12.0. The smallest absolute Gasteiger partial charge is 0.0701 e. The van der Waals surface area contributed by atoms with Gasteiger partial charge in [-0.05, 0) is 6.42 Å². The highest BCUT2D eigenvalue weighted by atomic mass is 16.5. The second-order valence-electron chi connectivity index (χ2n) is 4.03. The molecular formula is C12H27NO2. The minimum Gasteiger partial charge on any atom is -0.382 e. The molecule has 0 amide bonds. The highest BCUT2D eigenvalue weighted by molar-refractivity contribution is 4.59. The van der Waals surface area contributed by atoms with Crippen molar-refractivity contribution in [2.45, 2.75) is 51.5 Å². The van der Waals surface area contributed by atoms with Crippen molar-refractivity contribution < 1.29 is 9.47 Å². The van der Waals surface area contributed by atoms with Crippen molar-refractivity contribution >= 4 is 0 Å². The highest BCUT2D eigenvalue weighted by Crippen LogP contribution is 2.06. The molecular weight excluding hydrogens is 190 g/mol. The van der Waals surface area contributed by atoms with E-state index in [9.17, 15) is 0 Å². The molecule has 0 aliphatic carbocycles. The first-order valence-corrected chi connectivity index (χ1v) is 6.13. The highest BCUT2D eigenvalue weighted by Gasteiger charge is 2.01. The molecule has 0 aromatic rings. The Morgan fingerprint density at radius 1 is 1.07 bits per heavy atom. The van der Waals surface area contributed by atoms with Crippen LogP contribution in [0.5, 0.6) is 0 Å². The zero-order valence-corrected chi connectivity index (χ0v) is 10.3. The summed E-state index contributed by atoms with van der Waals surface area (Å²) in [4.78, 5) is 0. The number of methoxy groups -OCH3 is 1. The van der Waals surface area contributed by atoms with Crippen LogP contribution in [-0.4, -0.2) is 33.0 Å². The summed E-state index contributed by atoms with van der Waals surface area (Å²) >= 11 is 0. The van der Waals surface area contributed by atoms with E-state index in [1.165, 1.54) is 32.1 Å². The Morgan fingerprint density at radius 3 is 2.47 bits per heavy atom. The molecule has 1 atom stereocenters. The van der Waals surface area contributed by atoms with E-state index in [-0.39, 0.29) is 6.04 Å². The summed E-state index contributed by atoms with van der Waals surface area (Å²) in [5.41, 5.74) is 5.90. The standard InChI is InChI=1S/C12H27NO2/c1-3-4-5-6-7-8-12(13)11-15-10-9-14-2/h12H,3-11,13H2,1-2H3. The van der Waals surface area contributed by atoms with Crippen LogP contribution in [0, 0.1) is 0 Å². The van der Waals surface area contributed by atoms with Crippen LogP contribution in [0.4, 0.5) is 0 Å². The third-order valence-corrected chi connectivity index (χ3v) is 2.44. The van der Waals surface area contributed by atoms with Crippen molar-refractivity contribution in [3.8, 4) is 0 Å². The third kappa shape index (κ3) is 11.8. The summed E-state index contributed by atoms with van der Waals surface area (Å²) in [5, 5.41) is 0. The average molecular weight is 217 g/mol. The van der Waals surface area contributed by atoms with Gasteiger partial charge >= 0.3 is 0 Å². The van der Waals surface area contributed by atoms with Crippen molar-refractivity contribution in [3.63, 3.8) is 0 Å². The minimum absolute atomic E-state index is 0.198. The van der Waals surface area contributed by atoms with Crippen molar-refractivity contribution in [2.24, 2.45) is 5.73 Å². The first-order valence-electron chi connectivity index (χ1n) is 6.13. The molecule has 0 rings (SSSR count). The van der Waals surface area contributed by atoms with Gasteiger partial charge in [-0.3, -0.25) is 0 Å². The van der Waals surface area contributed by atoms with Gasteiger partial charge in [-0.15, -0.1) is 0 Å². The molecule has 0 fully saturated rings. The maximum atomic E-state index is 5.90. The van der Waals surface area contributed by atoms with Crippen molar-refractivity contribution in [1.29, 1.82) is 0 Å². The molecule has 0 aromatic heterocycles. The lowest BCUT2D eigenvalue weighted by Gasteiger charge is -2.11. The van der Waals surface area contributed by atoms with Gasteiger partial charge in [0.05, 0.1) is 19.8 Å². The van der Waals surface area contributed by atoms with Gasteiger partial charge in [-0.2, -0.15) is 0 Å². The van der Waals surface area contributed by atoms with Gasteiger partial charge in [0.2, 0.25) is 0 Å². The Kier molecular flexibility index (Phi) is 11.9. The average Bonchev–Trinajstić information content (AvgIpc) is 2.24. The Labute approximate surface area is 94.3 Å². The van der Waals surface area contributed by atoms with E-state index < -0.39 is 0 Å². The molecule has 3 nitrogen and oxygen atoms in total. The van der Waals surface area contributed by atoms with Crippen molar-refractivity contribution in [1.82, 2.24) is 0 Å². The summed E-state index contributed by atoms with van der Waals surface area (Å²) in [6.45, 7) is 4.20. The number of hydrogen-bond acceptors (Lipinski definition) is 3. The lowest BCUT2D eigenvalue weighted by Crippen LogP contribution is -2.26. The molecule has 0 saturated heterocycles. The molecule has 0 aliphatic heterocycles. The zero-order chi connectivity index (χ0) is 11.4. The molecule has 1 unspecified atom stereocenters. The summed E-state index contributed by atoms with van der Waals surface area (Å²) in [6.07, 6.45) is 7.60. The van der Waals surface area contributed by atoms with Crippen LogP contribution >= 0.6 is 0 Å². The number of ether oxygens (including phenoxy) is 2. The summed E-state index contributed by atoms with van der Waals surface area (Å²) in [5.74, 6) is 0. The molecule has 92 valence electrons. The Balaban J connectivity index is 3.08. The monoisotopic (exact) mass is 217 g/mol. The van der Waals surface area contributed by atoms with Gasteiger partial charge < -0.3 is 15.2 Å². The van der Waals surface area contributed by atoms with Crippen LogP contribution in [-0.2, 0) is 9.47 Å². The first-order chi connectivity index (χ1) is 7.31. The molecule has 0 aliphatic rings. The molecule has 0 heterocycles. The number of rotatable bonds is 11. The van der Waals surface area contributed by atoms with E-state index in [0.29, 0.717) is 19.8 Å². The summed E-state index contributed by atoms with van der Waals surface area (Å²) in [6, 6.07) is 0.198. The van der Waals surface area contributed by atoms with Gasteiger partial charge in [0.1, 0.15) is 0 Å². The fourth-order valence-electron chi connectivity index (χ4n) is 1.47. The van der Waals surface area contributed by atoms with Gasteiger partial charge in [-0.25, -0.2) is 0 Å². The van der Waals surface area contributed by atoms with Crippen LogP contribution in [0.2, 0.25) is 0 Å². The summed E-state index contributed by atoms with van der Waals surface area (Å²) < 4.78 is 10.2. The number of unbranched alkanes of at least 4 members (excludes halogenated alkanes) is 4. The van der Waals surface area contributed by atoms with Crippen LogP contribution in [0.15, 0.2) is 0 Å². The zero-order valence-electron chi connectivity index (χ0n) is 10.3. The lowest BCUT2D eigenvalue weighted by atomic mass is 10.1. The molecule has 0 spiro atoms. The van der Waals surface area contributed by atoms with E-state index in [0.717, 1.165) is 6.42 Å². The fourth-order valence-corrected chi connectivity index (χ4v) is 1.47. The molecule has 0 radical (unpaired) electrons. The predicted molar refractivity (Wildman–Crippen MR) is 64.0 cm³/mol. The SMILES string of the molecule is CCCCCCCC(N)COCCOC. The van der Waals surface area contributed by atoms with Crippen LogP contribution in [0.1, 0.15) is 45.4 Å². The largest absolute Gasteiger partial charge is 0.382 e.